The number of pyridine rings is 1. The summed E-state index contributed by atoms with van der Waals surface area (Å²) >= 11 is 0. The lowest BCUT2D eigenvalue weighted by molar-refractivity contribution is 0.0979. The predicted molar refractivity (Wildman–Crippen MR) is 100 cm³/mol. The van der Waals surface area contributed by atoms with Crippen molar-refractivity contribution < 1.29 is 4.79 Å². The lowest BCUT2D eigenvalue weighted by Gasteiger charge is -2.29. The van der Waals surface area contributed by atoms with Crippen molar-refractivity contribution in [3.8, 4) is 0 Å². The van der Waals surface area contributed by atoms with Gasteiger partial charge in [0.15, 0.2) is 5.69 Å². The van der Waals surface area contributed by atoms with Crippen molar-refractivity contribution in [3.63, 3.8) is 0 Å². The fourth-order valence-electron chi connectivity index (χ4n) is 3.12. The average Bonchev–Trinajstić information content (AvgIpc) is 2.72. The molecule has 0 atom stereocenters. The molecule has 0 aliphatic carbocycles. The van der Waals surface area contributed by atoms with E-state index in [-0.39, 0.29) is 5.91 Å². The Morgan fingerprint density at radius 2 is 2.00 bits per heavy atom. The van der Waals surface area contributed by atoms with Crippen LogP contribution in [-0.2, 0) is 13.0 Å². The van der Waals surface area contributed by atoms with Gasteiger partial charge in [0.2, 0.25) is 0 Å². The number of amides is 1. The van der Waals surface area contributed by atoms with Crippen LogP contribution in [0.3, 0.4) is 0 Å². The molecule has 6 heteroatoms. The fraction of sp³-hybridized carbons (Fsp3) is 0.200. The molecule has 0 spiro atoms. The molecule has 3 heterocycles. The molecule has 1 aromatic carbocycles. The summed E-state index contributed by atoms with van der Waals surface area (Å²) < 4.78 is 0. The van der Waals surface area contributed by atoms with Crippen molar-refractivity contribution in [1.82, 2.24) is 15.2 Å². The molecule has 6 nitrogen and oxygen atoms in total. The smallest absolute Gasteiger partial charge is 0.278 e. The highest BCUT2D eigenvalue weighted by Crippen LogP contribution is 2.27. The van der Waals surface area contributed by atoms with Crippen LogP contribution in [0.15, 0.2) is 60.9 Å². The summed E-state index contributed by atoms with van der Waals surface area (Å²) in [5.74, 6) is 0.521. The number of nitrogens with zero attached hydrogens (tertiary/aromatic N) is 4. The van der Waals surface area contributed by atoms with Crippen molar-refractivity contribution in [2.45, 2.75) is 19.4 Å². The van der Waals surface area contributed by atoms with E-state index < -0.39 is 0 Å². The Bertz CT molecular complexity index is 896. The van der Waals surface area contributed by atoms with Crippen LogP contribution >= 0.6 is 0 Å². The van der Waals surface area contributed by atoms with Gasteiger partial charge in [-0.1, -0.05) is 24.3 Å². The third-order valence-electron chi connectivity index (χ3n) is 4.44. The minimum Gasteiger partial charge on any atom is -0.364 e. The van der Waals surface area contributed by atoms with Crippen LogP contribution in [-0.4, -0.2) is 27.6 Å². The third kappa shape index (κ3) is 3.39. The summed E-state index contributed by atoms with van der Waals surface area (Å²) in [6.07, 6.45) is 5.50. The number of hydrogen-bond acceptors (Lipinski definition) is 5. The van der Waals surface area contributed by atoms with Crippen LogP contribution in [0.4, 0.5) is 11.5 Å². The van der Waals surface area contributed by atoms with E-state index in [1.807, 2.05) is 30.3 Å². The molecule has 1 amide bonds. The molecule has 3 aromatic rings. The van der Waals surface area contributed by atoms with Crippen molar-refractivity contribution >= 4 is 17.4 Å². The minimum absolute atomic E-state index is 0.108. The summed E-state index contributed by atoms with van der Waals surface area (Å²) in [6, 6.07) is 15.4. The van der Waals surface area contributed by atoms with Gasteiger partial charge < -0.3 is 10.2 Å². The van der Waals surface area contributed by atoms with E-state index in [2.05, 4.69) is 26.6 Å². The molecule has 2 aromatic heterocycles. The van der Waals surface area contributed by atoms with Crippen molar-refractivity contribution in [2.75, 3.05) is 16.8 Å². The van der Waals surface area contributed by atoms with Gasteiger partial charge in [-0.3, -0.25) is 9.78 Å². The van der Waals surface area contributed by atoms with Crippen LogP contribution in [0.25, 0.3) is 0 Å². The number of anilines is 2. The van der Waals surface area contributed by atoms with Gasteiger partial charge >= 0.3 is 0 Å². The molecule has 0 radical (unpaired) electrons. The van der Waals surface area contributed by atoms with Gasteiger partial charge in [-0.25, -0.2) is 0 Å². The topological polar surface area (TPSA) is 71.0 Å². The second-order valence-corrected chi connectivity index (χ2v) is 6.21. The lowest BCUT2D eigenvalue weighted by Crippen LogP contribution is -2.36. The van der Waals surface area contributed by atoms with Gasteiger partial charge in [0.25, 0.3) is 5.91 Å². The van der Waals surface area contributed by atoms with Gasteiger partial charge in [0, 0.05) is 31.2 Å². The third-order valence-corrected chi connectivity index (χ3v) is 4.44. The predicted octanol–water partition coefficient (Wildman–Crippen LogP) is 3.08. The minimum atomic E-state index is -0.108. The highest BCUT2D eigenvalue weighted by Gasteiger charge is 2.24. The van der Waals surface area contributed by atoms with Crippen molar-refractivity contribution in [3.05, 3.63) is 77.7 Å². The molecule has 0 unspecified atom stereocenters. The first-order valence-corrected chi connectivity index (χ1v) is 8.67. The van der Waals surface area contributed by atoms with E-state index in [9.17, 15) is 4.79 Å². The molecule has 1 aliphatic heterocycles. The average molecular weight is 345 g/mol. The second-order valence-electron chi connectivity index (χ2n) is 6.21. The van der Waals surface area contributed by atoms with Crippen LogP contribution in [0.5, 0.6) is 0 Å². The molecule has 130 valence electrons. The number of aromatic nitrogens is 3. The van der Waals surface area contributed by atoms with Gasteiger partial charge in [-0.05, 0) is 48.2 Å². The number of nitrogens with one attached hydrogen (secondary N) is 1. The summed E-state index contributed by atoms with van der Waals surface area (Å²) in [4.78, 5) is 18.7. The summed E-state index contributed by atoms with van der Waals surface area (Å²) in [6.45, 7) is 1.31. The molecule has 0 saturated heterocycles. The maximum atomic E-state index is 12.8. The van der Waals surface area contributed by atoms with E-state index in [1.165, 1.54) is 5.56 Å². The lowest BCUT2D eigenvalue weighted by atomic mass is 10.0. The highest BCUT2D eigenvalue weighted by atomic mass is 16.2. The van der Waals surface area contributed by atoms with E-state index in [0.717, 1.165) is 24.1 Å². The number of hydrogen-bond donors (Lipinski definition) is 1. The summed E-state index contributed by atoms with van der Waals surface area (Å²) in [7, 11) is 0. The molecule has 26 heavy (non-hydrogen) atoms. The Kier molecular flexibility index (Phi) is 4.55. The van der Waals surface area contributed by atoms with Crippen molar-refractivity contribution in [2.24, 2.45) is 0 Å². The van der Waals surface area contributed by atoms with Gasteiger partial charge in [-0.2, -0.15) is 0 Å². The molecule has 1 aliphatic rings. The number of para-hydroxylation sites is 1. The first-order chi connectivity index (χ1) is 12.8. The fourth-order valence-corrected chi connectivity index (χ4v) is 3.12. The molecular weight excluding hydrogens is 326 g/mol. The summed E-state index contributed by atoms with van der Waals surface area (Å²) in [5, 5.41) is 11.4. The molecular formula is C20H19N5O. The number of aryl methyl sites for hydroxylation is 1. The zero-order chi connectivity index (χ0) is 17.8. The number of carbonyl (C=O) groups excluding carboxylic acids is 1. The number of benzene rings is 1. The maximum Gasteiger partial charge on any atom is 0.278 e. The van der Waals surface area contributed by atoms with E-state index in [4.69, 9.17) is 0 Å². The monoisotopic (exact) mass is 345 g/mol. The summed E-state index contributed by atoms with van der Waals surface area (Å²) in [5.41, 5.74) is 3.59. The highest BCUT2D eigenvalue weighted by molar-refractivity contribution is 6.05. The Morgan fingerprint density at radius 1 is 1.08 bits per heavy atom. The molecule has 0 fully saturated rings. The zero-order valence-corrected chi connectivity index (χ0v) is 14.3. The Hall–Kier alpha value is -3.28. The molecule has 0 bridgehead atoms. The quantitative estimate of drug-likeness (QED) is 0.787. The van der Waals surface area contributed by atoms with E-state index >= 15 is 0 Å². The number of carbonyl (C=O) groups is 1. The van der Waals surface area contributed by atoms with Gasteiger partial charge in [0.05, 0.1) is 0 Å². The van der Waals surface area contributed by atoms with Gasteiger partial charge in [0.1, 0.15) is 5.82 Å². The Balaban J connectivity index is 1.46. The molecule has 0 saturated carbocycles. The van der Waals surface area contributed by atoms with Crippen LogP contribution < -0.4 is 10.2 Å². The molecule has 1 N–H and O–H groups in total. The number of rotatable bonds is 4. The van der Waals surface area contributed by atoms with Gasteiger partial charge in [-0.15, -0.1) is 10.2 Å². The first kappa shape index (κ1) is 16.2. The Labute approximate surface area is 151 Å². The normalized spacial score (nSPS) is 13.2. The molecule has 4 rings (SSSR count). The first-order valence-electron chi connectivity index (χ1n) is 8.67. The van der Waals surface area contributed by atoms with Crippen LogP contribution in [0.1, 0.15) is 28.0 Å². The van der Waals surface area contributed by atoms with Crippen LogP contribution in [0.2, 0.25) is 0 Å². The SMILES string of the molecule is O=C(c1ccc(NCc2cccnc2)nn1)N1CCCc2ccccc21. The number of fused-ring (bicyclic) bond motifs is 1. The van der Waals surface area contributed by atoms with Crippen LogP contribution in [0, 0.1) is 0 Å². The van der Waals surface area contributed by atoms with E-state index in [0.29, 0.717) is 24.6 Å². The standard InChI is InChI=1S/C20H19N5O/c26-20(25-12-4-7-16-6-1-2-8-18(16)25)17-9-10-19(24-23-17)22-14-15-5-3-11-21-13-15/h1-3,5-6,8-11,13H,4,7,12,14H2,(H,22,24). The zero-order valence-electron chi connectivity index (χ0n) is 14.3. The van der Waals surface area contributed by atoms with E-state index in [1.54, 1.807) is 29.4 Å². The largest absolute Gasteiger partial charge is 0.364 e. The second kappa shape index (κ2) is 7.31. The van der Waals surface area contributed by atoms with Crippen molar-refractivity contribution in [1.29, 1.82) is 0 Å². The maximum absolute atomic E-state index is 12.8. The Morgan fingerprint density at radius 3 is 2.81 bits per heavy atom.